The second-order valence-corrected chi connectivity index (χ2v) is 7.14. The number of nitrogens with zero attached hydrogens (tertiary/aromatic N) is 1. The molecule has 2 aromatic carbocycles. The molecule has 5 nitrogen and oxygen atoms in total. The summed E-state index contributed by atoms with van der Waals surface area (Å²) < 4.78 is 5.65. The van der Waals surface area contributed by atoms with Gasteiger partial charge in [0.15, 0.2) is 0 Å². The van der Waals surface area contributed by atoms with Gasteiger partial charge in [-0.3, -0.25) is 9.59 Å². The fourth-order valence-electron chi connectivity index (χ4n) is 3.70. The van der Waals surface area contributed by atoms with E-state index in [9.17, 15) is 14.7 Å². The van der Waals surface area contributed by atoms with Crippen LogP contribution < -0.4 is 0 Å². The number of rotatable bonds is 5. The highest BCUT2D eigenvalue weighted by molar-refractivity contribution is 5.87. The standard InChI is InChI=1S/C21H25NO4/c1-14-12-22(13-15(2)26-14)20(23)11-18(21(24)25)10-17-8-5-7-16-6-3-4-9-19(16)17/h3-9,14-15,18H,10-13H2,1-2H3,(H,24,25)/t14?,15?,18-/m1/s1. The highest BCUT2D eigenvalue weighted by Gasteiger charge is 2.29. The van der Waals surface area contributed by atoms with Gasteiger partial charge < -0.3 is 14.7 Å². The topological polar surface area (TPSA) is 66.8 Å². The van der Waals surface area contributed by atoms with Crippen molar-refractivity contribution in [2.45, 2.75) is 38.9 Å². The van der Waals surface area contributed by atoms with E-state index in [1.807, 2.05) is 56.3 Å². The smallest absolute Gasteiger partial charge is 0.307 e. The number of morpholine rings is 1. The highest BCUT2D eigenvalue weighted by atomic mass is 16.5. The molecule has 1 amide bonds. The molecule has 0 saturated carbocycles. The molecule has 5 heteroatoms. The van der Waals surface area contributed by atoms with Crippen LogP contribution in [-0.4, -0.2) is 47.2 Å². The molecule has 2 aromatic rings. The number of fused-ring (bicyclic) bond motifs is 1. The third-order valence-electron chi connectivity index (χ3n) is 4.89. The van der Waals surface area contributed by atoms with Gasteiger partial charge >= 0.3 is 5.97 Å². The average Bonchev–Trinajstić information content (AvgIpc) is 2.60. The molecule has 0 bridgehead atoms. The molecular formula is C21H25NO4. The van der Waals surface area contributed by atoms with Crippen LogP contribution in [0.3, 0.4) is 0 Å². The maximum Gasteiger partial charge on any atom is 0.307 e. The minimum atomic E-state index is -0.930. The average molecular weight is 355 g/mol. The van der Waals surface area contributed by atoms with Crippen molar-refractivity contribution in [1.82, 2.24) is 4.90 Å². The minimum Gasteiger partial charge on any atom is -0.481 e. The summed E-state index contributed by atoms with van der Waals surface area (Å²) in [5, 5.41) is 11.8. The van der Waals surface area contributed by atoms with Crippen LogP contribution in [0.4, 0.5) is 0 Å². The van der Waals surface area contributed by atoms with E-state index in [0.29, 0.717) is 19.5 Å². The Labute approximate surface area is 153 Å². The number of hydrogen-bond donors (Lipinski definition) is 1. The van der Waals surface area contributed by atoms with E-state index in [1.165, 1.54) is 0 Å². The fourth-order valence-corrected chi connectivity index (χ4v) is 3.70. The van der Waals surface area contributed by atoms with Crippen molar-refractivity contribution in [2.75, 3.05) is 13.1 Å². The molecule has 1 fully saturated rings. The number of carboxylic acid groups (broad SMARTS) is 1. The Morgan fingerprint density at radius 3 is 2.46 bits per heavy atom. The van der Waals surface area contributed by atoms with Gasteiger partial charge in [0.1, 0.15) is 0 Å². The van der Waals surface area contributed by atoms with Crippen molar-refractivity contribution in [1.29, 1.82) is 0 Å². The van der Waals surface area contributed by atoms with Crippen molar-refractivity contribution in [3.8, 4) is 0 Å². The zero-order valence-corrected chi connectivity index (χ0v) is 15.2. The normalized spacial score (nSPS) is 21.5. The van der Waals surface area contributed by atoms with E-state index in [2.05, 4.69) is 0 Å². The Hall–Kier alpha value is -2.40. The van der Waals surface area contributed by atoms with Gasteiger partial charge in [0.25, 0.3) is 0 Å². The number of ether oxygens (including phenoxy) is 1. The summed E-state index contributed by atoms with van der Waals surface area (Å²) in [5.41, 5.74) is 0.965. The largest absolute Gasteiger partial charge is 0.481 e. The van der Waals surface area contributed by atoms with Crippen molar-refractivity contribution in [3.05, 3.63) is 48.0 Å². The van der Waals surface area contributed by atoms with Crippen LogP contribution in [0, 0.1) is 5.92 Å². The fraction of sp³-hybridized carbons (Fsp3) is 0.429. The predicted octanol–water partition coefficient (Wildman–Crippen LogP) is 3.11. The van der Waals surface area contributed by atoms with E-state index in [-0.39, 0.29) is 24.5 Å². The zero-order valence-electron chi connectivity index (χ0n) is 15.2. The summed E-state index contributed by atoms with van der Waals surface area (Å²) in [5.74, 6) is -1.78. The number of amides is 1. The number of benzene rings is 2. The van der Waals surface area contributed by atoms with Crippen LogP contribution in [0.15, 0.2) is 42.5 Å². The van der Waals surface area contributed by atoms with E-state index >= 15 is 0 Å². The first-order valence-corrected chi connectivity index (χ1v) is 9.06. The van der Waals surface area contributed by atoms with Crippen LogP contribution in [0.2, 0.25) is 0 Å². The molecule has 3 rings (SSSR count). The van der Waals surface area contributed by atoms with Crippen LogP contribution in [-0.2, 0) is 20.7 Å². The second kappa shape index (κ2) is 7.87. The molecular weight excluding hydrogens is 330 g/mol. The molecule has 1 saturated heterocycles. The summed E-state index contributed by atoms with van der Waals surface area (Å²) in [6.45, 7) is 4.90. The van der Waals surface area contributed by atoms with Crippen molar-refractivity contribution in [2.24, 2.45) is 5.92 Å². The predicted molar refractivity (Wildman–Crippen MR) is 100.0 cm³/mol. The molecule has 138 valence electrons. The number of hydrogen-bond acceptors (Lipinski definition) is 3. The summed E-state index contributed by atoms with van der Waals surface area (Å²) >= 11 is 0. The molecule has 1 aliphatic heterocycles. The Kier molecular flexibility index (Phi) is 5.57. The van der Waals surface area contributed by atoms with Crippen LogP contribution in [0.25, 0.3) is 10.8 Å². The molecule has 0 aromatic heterocycles. The first-order valence-electron chi connectivity index (χ1n) is 9.06. The highest BCUT2D eigenvalue weighted by Crippen LogP contribution is 2.23. The van der Waals surface area contributed by atoms with Crippen molar-refractivity contribution in [3.63, 3.8) is 0 Å². The first-order chi connectivity index (χ1) is 12.4. The molecule has 0 spiro atoms. The molecule has 26 heavy (non-hydrogen) atoms. The molecule has 3 atom stereocenters. The van der Waals surface area contributed by atoms with Crippen LogP contribution in [0.5, 0.6) is 0 Å². The van der Waals surface area contributed by atoms with E-state index in [4.69, 9.17) is 4.74 Å². The van der Waals surface area contributed by atoms with Gasteiger partial charge in [0.2, 0.25) is 5.91 Å². The van der Waals surface area contributed by atoms with Crippen molar-refractivity contribution >= 4 is 22.6 Å². The van der Waals surface area contributed by atoms with E-state index in [0.717, 1.165) is 16.3 Å². The Bertz CT molecular complexity index is 788. The molecule has 2 unspecified atom stereocenters. The van der Waals surface area contributed by atoms with Gasteiger partial charge in [0.05, 0.1) is 18.1 Å². The lowest BCUT2D eigenvalue weighted by molar-refractivity contribution is -0.150. The van der Waals surface area contributed by atoms with Gasteiger partial charge in [-0.1, -0.05) is 42.5 Å². The number of carbonyl (C=O) groups is 2. The molecule has 0 aliphatic carbocycles. The lowest BCUT2D eigenvalue weighted by atomic mass is 9.92. The molecule has 0 radical (unpaired) electrons. The van der Waals surface area contributed by atoms with Gasteiger partial charge in [0, 0.05) is 19.5 Å². The lowest BCUT2D eigenvalue weighted by Gasteiger charge is -2.35. The molecule has 1 aliphatic rings. The summed E-state index contributed by atoms with van der Waals surface area (Å²) in [4.78, 5) is 26.2. The molecule has 1 heterocycles. The lowest BCUT2D eigenvalue weighted by Crippen LogP contribution is -2.48. The summed E-state index contributed by atoms with van der Waals surface area (Å²) in [6, 6.07) is 13.8. The Morgan fingerprint density at radius 1 is 1.12 bits per heavy atom. The van der Waals surface area contributed by atoms with Crippen molar-refractivity contribution < 1.29 is 19.4 Å². The zero-order chi connectivity index (χ0) is 18.7. The van der Waals surface area contributed by atoms with E-state index in [1.54, 1.807) is 4.90 Å². The van der Waals surface area contributed by atoms with Gasteiger partial charge in [-0.25, -0.2) is 0 Å². The Balaban J connectivity index is 1.75. The van der Waals surface area contributed by atoms with E-state index < -0.39 is 11.9 Å². The number of carboxylic acids is 1. The Morgan fingerprint density at radius 2 is 1.77 bits per heavy atom. The second-order valence-electron chi connectivity index (χ2n) is 7.14. The van der Waals surface area contributed by atoms with Crippen LogP contribution in [0.1, 0.15) is 25.8 Å². The summed E-state index contributed by atoms with van der Waals surface area (Å²) in [7, 11) is 0. The third kappa shape index (κ3) is 4.22. The number of aliphatic carboxylic acids is 1. The minimum absolute atomic E-state index is 0.0119. The maximum absolute atomic E-state index is 12.7. The quantitative estimate of drug-likeness (QED) is 0.895. The SMILES string of the molecule is CC1CN(C(=O)C[C@@H](Cc2cccc3ccccc23)C(=O)O)CC(C)O1. The number of carbonyl (C=O) groups excluding carboxylic acids is 1. The third-order valence-corrected chi connectivity index (χ3v) is 4.89. The summed E-state index contributed by atoms with van der Waals surface area (Å²) in [6.07, 6.45) is 0.309. The maximum atomic E-state index is 12.7. The first kappa shape index (κ1) is 18.4. The molecule has 1 N–H and O–H groups in total. The van der Waals surface area contributed by atoms with Gasteiger partial charge in [-0.2, -0.15) is 0 Å². The van der Waals surface area contributed by atoms with Gasteiger partial charge in [-0.15, -0.1) is 0 Å². The van der Waals surface area contributed by atoms with Crippen LogP contribution >= 0.6 is 0 Å². The van der Waals surface area contributed by atoms with Gasteiger partial charge in [-0.05, 0) is 36.6 Å². The monoisotopic (exact) mass is 355 g/mol.